The molecule has 0 unspecified atom stereocenters. The van der Waals surface area contributed by atoms with Crippen LogP contribution in [-0.2, 0) is 12.7 Å². The molecule has 12 heteroatoms. The van der Waals surface area contributed by atoms with Crippen LogP contribution in [0.15, 0.2) is 0 Å². The first kappa shape index (κ1) is 18.3. The highest BCUT2D eigenvalue weighted by Crippen LogP contribution is 2.42. The Kier molecular flexibility index (Phi) is 4.68. The highest BCUT2D eigenvalue weighted by Gasteiger charge is 2.45. The van der Waals surface area contributed by atoms with E-state index in [1.165, 1.54) is 0 Å². The SMILES string of the molecule is O=C(O)c1c(C(F)(F)F)c(OC(F)F)nn1C[C@H]1CCC(F)(F)C1. The van der Waals surface area contributed by atoms with Gasteiger partial charge in [0.2, 0.25) is 5.92 Å². The molecule has 1 heterocycles. The third-order valence-electron chi connectivity index (χ3n) is 3.54. The quantitative estimate of drug-likeness (QED) is 0.811. The maximum absolute atomic E-state index is 13.2. The molecular formula is C12H11F7N2O3. The molecule has 136 valence electrons. The van der Waals surface area contributed by atoms with Gasteiger partial charge in [-0.1, -0.05) is 0 Å². The molecule has 24 heavy (non-hydrogen) atoms. The lowest BCUT2D eigenvalue weighted by molar-refractivity contribution is -0.142. The average molecular weight is 364 g/mol. The summed E-state index contributed by atoms with van der Waals surface area (Å²) in [5.41, 5.74) is -3.39. The van der Waals surface area contributed by atoms with E-state index in [1.54, 1.807) is 0 Å². The van der Waals surface area contributed by atoms with Crippen molar-refractivity contribution < 1.29 is 45.4 Å². The minimum atomic E-state index is -5.32. The fourth-order valence-corrected chi connectivity index (χ4v) is 2.65. The van der Waals surface area contributed by atoms with Crippen LogP contribution in [0.3, 0.4) is 0 Å². The number of aromatic carboxylic acids is 1. The van der Waals surface area contributed by atoms with Crippen LogP contribution in [0.25, 0.3) is 0 Å². The standard InChI is InChI=1S/C12H11F7N2O3/c13-10(14)24-8-6(12(17,18)19)7(9(22)23)21(20-8)4-5-1-2-11(15,16)3-5/h5,10H,1-4H2,(H,22,23)/t5-/m0/s1. The van der Waals surface area contributed by atoms with Crippen molar-refractivity contribution in [2.45, 2.75) is 44.5 Å². The van der Waals surface area contributed by atoms with Crippen LogP contribution in [0, 0.1) is 5.92 Å². The first-order chi connectivity index (χ1) is 10.9. The largest absolute Gasteiger partial charge is 0.477 e. The van der Waals surface area contributed by atoms with Crippen molar-refractivity contribution in [1.29, 1.82) is 0 Å². The van der Waals surface area contributed by atoms with Gasteiger partial charge in [-0.25, -0.2) is 13.6 Å². The Balaban J connectivity index is 2.43. The second-order valence-corrected chi connectivity index (χ2v) is 5.36. The summed E-state index contributed by atoms with van der Waals surface area (Å²) in [5.74, 6) is -7.52. The van der Waals surface area contributed by atoms with Crippen LogP contribution in [0.5, 0.6) is 5.88 Å². The Labute approximate surface area is 130 Å². The number of carbonyl (C=O) groups is 1. The molecule has 0 saturated heterocycles. The van der Waals surface area contributed by atoms with Crippen LogP contribution in [0.2, 0.25) is 0 Å². The van der Waals surface area contributed by atoms with E-state index in [-0.39, 0.29) is 11.1 Å². The lowest BCUT2D eigenvalue weighted by atomic mass is 10.1. The van der Waals surface area contributed by atoms with Crippen molar-refractivity contribution in [1.82, 2.24) is 9.78 Å². The maximum atomic E-state index is 13.2. The van der Waals surface area contributed by atoms with Gasteiger partial charge in [-0.15, -0.1) is 5.10 Å². The number of alkyl halides is 7. The van der Waals surface area contributed by atoms with Gasteiger partial charge in [0, 0.05) is 19.4 Å². The van der Waals surface area contributed by atoms with Crippen LogP contribution >= 0.6 is 0 Å². The molecule has 1 saturated carbocycles. The van der Waals surface area contributed by atoms with Crippen LogP contribution in [0.1, 0.15) is 35.3 Å². The fraction of sp³-hybridized carbons (Fsp3) is 0.667. The lowest BCUT2D eigenvalue weighted by Gasteiger charge is -2.12. The van der Waals surface area contributed by atoms with Gasteiger partial charge in [-0.3, -0.25) is 4.68 Å². The molecule has 1 fully saturated rings. The van der Waals surface area contributed by atoms with E-state index < -0.39 is 67.1 Å². The summed E-state index contributed by atoms with van der Waals surface area (Å²) >= 11 is 0. The monoisotopic (exact) mass is 364 g/mol. The second-order valence-electron chi connectivity index (χ2n) is 5.36. The Morgan fingerprint density at radius 2 is 2.04 bits per heavy atom. The fourth-order valence-electron chi connectivity index (χ4n) is 2.65. The highest BCUT2D eigenvalue weighted by molar-refractivity contribution is 5.88. The molecule has 0 aliphatic heterocycles. The number of halogens is 7. The normalized spacial score (nSPS) is 20.6. The molecule has 1 aliphatic rings. The summed E-state index contributed by atoms with van der Waals surface area (Å²) < 4.78 is 93.8. The van der Waals surface area contributed by atoms with Crippen molar-refractivity contribution in [2.75, 3.05) is 0 Å². The average Bonchev–Trinajstić information content (AvgIpc) is 2.88. The van der Waals surface area contributed by atoms with E-state index in [4.69, 9.17) is 5.11 Å². The molecule has 0 amide bonds. The molecule has 0 radical (unpaired) electrons. The van der Waals surface area contributed by atoms with Crippen LogP contribution in [-0.4, -0.2) is 33.4 Å². The first-order valence-corrected chi connectivity index (χ1v) is 6.64. The van der Waals surface area contributed by atoms with Gasteiger partial charge in [0.05, 0.1) is 0 Å². The van der Waals surface area contributed by atoms with E-state index in [2.05, 4.69) is 9.84 Å². The zero-order chi connectivity index (χ0) is 18.3. The number of hydrogen-bond donors (Lipinski definition) is 1. The molecular weight excluding hydrogens is 353 g/mol. The van der Waals surface area contributed by atoms with Crippen molar-refractivity contribution in [2.24, 2.45) is 5.92 Å². The maximum Gasteiger partial charge on any atom is 0.424 e. The van der Waals surface area contributed by atoms with Crippen molar-refractivity contribution in [3.05, 3.63) is 11.3 Å². The summed E-state index contributed by atoms with van der Waals surface area (Å²) in [4.78, 5) is 11.1. The van der Waals surface area contributed by atoms with Crippen LogP contribution in [0.4, 0.5) is 30.7 Å². The lowest BCUT2D eigenvalue weighted by Crippen LogP contribution is -2.20. The van der Waals surface area contributed by atoms with Crippen molar-refractivity contribution in [3.8, 4) is 5.88 Å². The Morgan fingerprint density at radius 3 is 2.46 bits per heavy atom. The van der Waals surface area contributed by atoms with E-state index in [0.717, 1.165) is 0 Å². The smallest absolute Gasteiger partial charge is 0.424 e. The number of aromatic nitrogens is 2. The third-order valence-corrected chi connectivity index (χ3v) is 3.54. The van der Waals surface area contributed by atoms with Gasteiger partial charge in [0.1, 0.15) is 0 Å². The summed E-state index contributed by atoms with van der Waals surface area (Å²) in [6.07, 6.45) is -6.53. The predicted molar refractivity (Wildman–Crippen MR) is 63.1 cm³/mol. The highest BCUT2D eigenvalue weighted by atomic mass is 19.4. The zero-order valence-electron chi connectivity index (χ0n) is 11.8. The number of nitrogens with zero attached hydrogens (tertiary/aromatic N) is 2. The first-order valence-electron chi connectivity index (χ1n) is 6.64. The Bertz CT molecular complexity index is 627. The van der Waals surface area contributed by atoms with Gasteiger partial charge in [-0.05, 0) is 12.3 Å². The van der Waals surface area contributed by atoms with Gasteiger partial charge in [-0.2, -0.15) is 22.0 Å². The van der Waals surface area contributed by atoms with E-state index in [9.17, 15) is 35.5 Å². The number of ether oxygens (including phenoxy) is 1. The Hall–Kier alpha value is -2.01. The Morgan fingerprint density at radius 1 is 1.42 bits per heavy atom. The molecule has 1 aliphatic carbocycles. The van der Waals surface area contributed by atoms with Gasteiger partial charge in [0.25, 0.3) is 5.88 Å². The number of hydrogen-bond acceptors (Lipinski definition) is 3. The van der Waals surface area contributed by atoms with Crippen molar-refractivity contribution >= 4 is 5.97 Å². The van der Waals surface area contributed by atoms with E-state index in [1.807, 2.05) is 0 Å². The number of rotatable bonds is 5. The molecule has 0 bridgehead atoms. The minimum Gasteiger partial charge on any atom is -0.477 e. The molecule has 1 atom stereocenters. The van der Waals surface area contributed by atoms with Gasteiger partial charge >= 0.3 is 18.8 Å². The second kappa shape index (κ2) is 6.13. The third kappa shape index (κ3) is 3.90. The number of carboxylic acid groups (broad SMARTS) is 1. The summed E-state index contributed by atoms with van der Waals surface area (Å²) in [6, 6.07) is 0. The molecule has 0 spiro atoms. The molecule has 1 N–H and O–H groups in total. The molecule has 2 rings (SSSR count). The number of carboxylic acids is 1. The predicted octanol–water partition coefficient (Wildman–Crippen LogP) is 3.64. The molecule has 5 nitrogen and oxygen atoms in total. The molecule has 0 aromatic carbocycles. The summed E-state index contributed by atoms with van der Waals surface area (Å²) in [6.45, 7) is -4.24. The van der Waals surface area contributed by atoms with Gasteiger partial charge in [0.15, 0.2) is 11.3 Å². The van der Waals surface area contributed by atoms with Gasteiger partial charge < -0.3 is 9.84 Å². The minimum absolute atomic E-state index is 0.0572. The topological polar surface area (TPSA) is 64.3 Å². The molecule has 1 aromatic rings. The van der Waals surface area contributed by atoms with Crippen LogP contribution < -0.4 is 4.74 Å². The summed E-state index contributed by atoms with van der Waals surface area (Å²) in [5, 5.41) is 12.1. The van der Waals surface area contributed by atoms with E-state index in [0.29, 0.717) is 0 Å². The van der Waals surface area contributed by atoms with Crippen molar-refractivity contribution in [3.63, 3.8) is 0 Å². The summed E-state index contributed by atoms with van der Waals surface area (Å²) in [7, 11) is 0. The zero-order valence-corrected chi connectivity index (χ0v) is 11.8. The van der Waals surface area contributed by atoms with E-state index >= 15 is 0 Å². The molecule has 1 aromatic heterocycles.